The summed E-state index contributed by atoms with van der Waals surface area (Å²) in [6.07, 6.45) is 12.4. The maximum absolute atomic E-state index is 14.2. The number of benzene rings is 2. The van der Waals surface area contributed by atoms with E-state index < -0.39 is 34.8 Å². The number of carbonyl (C=O) groups excluding carboxylic acids is 1. The lowest BCUT2D eigenvalue weighted by molar-refractivity contribution is -0.140. The lowest BCUT2D eigenvalue weighted by Gasteiger charge is -2.32. The van der Waals surface area contributed by atoms with Crippen LogP contribution in [0.2, 0.25) is 0 Å². The summed E-state index contributed by atoms with van der Waals surface area (Å²) >= 11 is 0. The molecule has 2 aromatic heterocycles. The Kier molecular flexibility index (Phi) is 11.1. The smallest absolute Gasteiger partial charge is 0.352 e. The van der Waals surface area contributed by atoms with E-state index in [-0.39, 0.29) is 12.0 Å². The number of nitrogens with one attached hydrogen (secondary N) is 1. The first kappa shape index (κ1) is 33.5. The number of rotatable bonds is 16. The fraction of sp³-hybridized carbons (Fsp3) is 0.457. The van der Waals surface area contributed by atoms with Crippen LogP contribution in [0.1, 0.15) is 95.7 Å². The lowest BCUT2D eigenvalue weighted by atomic mass is 9.97. The van der Waals surface area contributed by atoms with E-state index in [1.807, 2.05) is 24.3 Å². The van der Waals surface area contributed by atoms with E-state index in [9.17, 15) is 24.0 Å². The largest absolute Gasteiger partial charge is 0.469 e. The number of carbonyl (C=O) groups is 1. The van der Waals surface area contributed by atoms with E-state index in [1.54, 1.807) is 48.5 Å². The van der Waals surface area contributed by atoms with Crippen LogP contribution in [-0.4, -0.2) is 41.4 Å². The molecule has 3 heterocycles. The van der Waals surface area contributed by atoms with Crippen LogP contribution in [-0.2, 0) is 9.53 Å². The second-order valence-corrected chi connectivity index (χ2v) is 12.1. The van der Waals surface area contributed by atoms with Gasteiger partial charge < -0.3 is 4.74 Å². The molecule has 0 saturated carbocycles. The molecule has 0 fully saturated rings. The summed E-state index contributed by atoms with van der Waals surface area (Å²) in [7, 11) is 1.39. The highest BCUT2D eigenvalue weighted by atomic mass is 16.5. The van der Waals surface area contributed by atoms with Crippen molar-refractivity contribution in [1.82, 2.24) is 28.3 Å². The van der Waals surface area contributed by atoms with E-state index in [0.717, 1.165) is 55.9 Å². The average Bonchev–Trinajstić information content (AvgIpc) is 3.54. The number of hydrogen-bond acceptors (Lipinski definition) is 6. The highest BCUT2D eigenvalue weighted by Gasteiger charge is 2.35. The Morgan fingerprint density at radius 2 is 1.36 bits per heavy atom. The maximum atomic E-state index is 14.2. The van der Waals surface area contributed by atoms with Gasteiger partial charge in [-0.3, -0.25) is 4.79 Å². The van der Waals surface area contributed by atoms with Gasteiger partial charge in [-0.1, -0.05) is 100 Å². The molecule has 250 valence electrons. The van der Waals surface area contributed by atoms with Crippen molar-refractivity contribution >= 4 is 5.97 Å². The van der Waals surface area contributed by atoms with Crippen molar-refractivity contribution in [1.29, 1.82) is 0 Å². The van der Waals surface area contributed by atoms with Crippen molar-refractivity contribution in [2.24, 2.45) is 0 Å². The zero-order valence-corrected chi connectivity index (χ0v) is 27.1. The molecule has 1 aliphatic rings. The molecule has 0 spiro atoms. The van der Waals surface area contributed by atoms with Gasteiger partial charge >= 0.3 is 28.7 Å². The van der Waals surface area contributed by atoms with Gasteiger partial charge in [-0.15, -0.1) is 0 Å². The third-order valence-electron chi connectivity index (χ3n) is 8.92. The number of hydrogen-bond donors (Lipinski definition) is 1. The Morgan fingerprint density at radius 3 is 2.02 bits per heavy atom. The summed E-state index contributed by atoms with van der Waals surface area (Å²) in [5.41, 5.74) is -1.15. The molecule has 0 aliphatic carbocycles. The summed E-state index contributed by atoms with van der Waals surface area (Å²) < 4.78 is 11.3. The average molecular weight is 645 g/mol. The third-order valence-corrected chi connectivity index (χ3v) is 8.92. The van der Waals surface area contributed by atoms with Gasteiger partial charge in [0, 0.05) is 6.42 Å². The molecule has 5 rings (SSSR count). The van der Waals surface area contributed by atoms with Crippen molar-refractivity contribution in [3.63, 3.8) is 0 Å². The van der Waals surface area contributed by atoms with Crippen LogP contribution in [0.25, 0.3) is 11.4 Å². The Labute approximate surface area is 272 Å². The molecule has 1 N–H and O–H groups in total. The molecule has 3 unspecified atom stereocenters. The zero-order valence-electron chi connectivity index (χ0n) is 27.1. The first-order valence-corrected chi connectivity index (χ1v) is 16.6. The Bertz CT molecular complexity index is 1890. The molecule has 2 aromatic carbocycles. The van der Waals surface area contributed by atoms with Crippen LogP contribution >= 0.6 is 0 Å². The van der Waals surface area contributed by atoms with Crippen LogP contribution in [0.15, 0.2) is 92.0 Å². The monoisotopic (exact) mass is 644 g/mol. The van der Waals surface area contributed by atoms with Crippen molar-refractivity contribution in [2.75, 3.05) is 7.11 Å². The van der Waals surface area contributed by atoms with E-state index in [1.165, 1.54) is 25.7 Å². The molecule has 0 radical (unpaired) electrons. The molecule has 0 saturated heterocycles. The molecule has 3 atom stereocenters. The van der Waals surface area contributed by atoms with Gasteiger partial charge in [0.2, 0.25) is 0 Å². The minimum absolute atomic E-state index is 0.205. The van der Waals surface area contributed by atoms with Crippen molar-refractivity contribution in [3.8, 4) is 11.4 Å². The van der Waals surface area contributed by atoms with E-state index >= 15 is 0 Å². The number of esters is 1. The molecule has 12 nitrogen and oxygen atoms in total. The highest BCUT2D eigenvalue weighted by molar-refractivity contribution is 5.68. The van der Waals surface area contributed by atoms with Crippen molar-refractivity contribution in [3.05, 3.63) is 115 Å². The predicted octanol–water partition coefficient (Wildman–Crippen LogP) is 4.82. The van der Waals surface area contributed by atoms with Gasteiger partial charge in [0.15, 0.2) is 0 Å². The number of allylic oxidation sites excluding steroid dienone is 2. The second kappa shape index (κ2) is 15.6. The van der Waals surface area contributed by atoms with Crippen LogP contribution in [0.3, 0.4) is 0 Å². The number of aromatic nitrogens is 6. The number of fused-ring (bicyclic) bond motifs is 1. The molecule has 47 heavy (non-hydrogen) atoms. The number of unbranched alkanes of at least 4 members (excludes halogenated alkanes) is 6. The Hall–Kier alpha value is -4.87. The number of ether oxygens (including phenoxy) is 1. The second-order valence-electron chi connectivity index (χ2n) is 12.1. The van der Waals surface area contributed by atoms with Crippen LogP contribution < -0.4 is 22.8 Å². The predicted molar refractivity (Wildman–Crippen MR) is 180 cm³/mol. The lowest BCUT2D eigenvalue weighted by Crippen LogP contribution is -2.41. The third kappa shape index (κ3) is 7.26. The van der Waals surface area contributed by atoms with Gasteiger partial charge in [-0.05, 0) is 43.5 Å². The van der Waals surface area contributed by atoms with Crippen LogP contribution in [0.5, 0.6) is 0 Å². The molecular formula is C35H44N6O6. The number of H-pyrrole nitrogens is 1. The Morgan fingerprint density at radius 1 is 0.745 bits per heavy atom. The molecule has 0 bridgehead atoms. The van der Waals surface area contributed by atoms with Crippen LogP contribution in [0.4, 0.5) is 0 Å². The minimum atomic E-state index is -0.702. The quantitative estimate of drug-likeness (QED) is 0.106. The fourth-order valence-electron chi connectivity index (χ4n) is 6.49. The molecule has 1 aliphatic heterocycles. The van der Waals surface area contributed by atoms with Crippen molar-refractivity contribution in [2.45, 2.75) is 95.7 Å². The minimum Gasteiger partial charge on any atom is -0.469 e. The number of methoxy groups -OCH3 is 1. The number of nitrogens with zero attached hydrogens (tertiary/aromatic N) is 5. The molecule has 0 amide bonds. The van der Waals surface area contributed by atoms with Gasteiger partial charge in [-0.25, -0.2) is 47.5 Å². The maximum Gasteiger partial charge on any atom is 0.352 e. The summed E-state index contributed by atoms with van der Waals surface area (Å²) in [6, 6.07) is 15.8. The van der Waals surface area contributed by atoms with Gasteiger partial charge in [0.05, 0.1) is 36.6 Å². The Balaban J connectivity index is 1.52. The standard InChI is InChI=1S/C35H44N6O6/c1-3-4-10-22-29(39-33(44)37(32(43)36-39)26-17-12-8-13-18-26)30-25-24-28(21-11-6-5-7-16-23-31(42)47-2)40-34(45)38(35(46)41(30)40)27-19-14-9-15-20-27/h8-9,12-15,17-20,24-25,28-30H,3-7,10-11,16,21-23H2,1-2H3,(H,36,43). The fourth-order valence-corrected chi connectivity index (χ4v) is 6.49. The first-order valence-electron chi connectivity index (χ1n) is 16.6. The highest BCUT2D eigenvalue weighted by Crippen LogP contribution is 2.33. The SMILES string of the molecule is CCCCCC(C1C=CC(CCCCCCCC(=O)OC)n2c(=O)n(-c3ccccc3)c(=O)n21)n1[nH]c(=O)n(-c2ccccc2)c1=O. The van der Waals surface area contributed by atoms with E-state index in [0.29, 0.717) is 30.6 Å². The van der Waals surface area contributed by atoms with Gasteiger partial charge in [-0.2, -0.15) is 0 Å². The zero-order chi connectivity index (χ0) is 33.3. The van der Waals surface area contributed by atoms with Gasteiger partial charge in [0.25, 0.3) is 0 Å². The van der Waals surface area contributed by atoms with E-state index in [2.05, 4.69) is 12.0 Å². The summed E-state index contributed by atoms with van der Waals surface area (Å²) in [5, 5.41) is 2.76. The summed E-state index contributed by atoms with van der Waals surface area (Å²) in [6.45, 7) is 2.08. The van der Waals surface area contributed by atoms with Gasteiger partial charge in [0.1, 0.15) is 0 Å². The normalized spacial score (nSPS) is 16.2. The van der Waals surface area contributed by atoms with E-state index in [4.69, 9.17) is 4.74 Å². The molecule has 4 aromatic rings. The summed E-state index contributed by atoms with van der Waals surface area (Å²) in [4.78, 5) is 66.7. The topological polar surface area (TPSA) is 135 Å². The number of aromatic amines is 1. The number of para-hydroxylation sites is 2. The van der Waals surface area contributed by atoms with Crippen molar-refractivity contribution < 1.29 is 9.53 Å². The van der Waals surface area contributed by atoms with Crippen LogP contribution in [0, 0.1) is 0 Å². The first-order chi connectivity index (χ1) is 22.9. The summed E-state index contributed by atoms with van der Waals surface area (Å²) in [5.74, 6) is -0.205. The molecular weight excluding hydrogens is 600 g/mol. The molecule has 12 heteroatoms.